The first-order valence-corrected chi connectivity index (χ1v) is 5.11. The summed E-state index contributed by atoms with van der Waals surface area (Å²) in [5.74, 6) is -2.87. The van der Waals surface area contributed by atoms with Crippen molar-refractivity contribution in [3.8, 4) is 0 Å². The lowest BCUT2D eigenvalue weighted by Crippen LogP contribution is -2.37. The molecule has 92 valence electrons. The Hall–Kier alpha value is -1.59. The zero-order chi connectivity index (χ0) is 12.7. The van der Waals surface area contributed by atoms with Gasteiger partial charge in [-0.2, -0.15) is 0 Å². The van der Waals surface area contributed by atoms with E-state index in [1.54, 1.807) is 6.92 Å². The quantitative estimate of drug-likeness (QED) is 0.578. The molecule has 0 aliphatic rings. The van der Waals surface area contributed by atoms with E-state index in [0.717, 1.165) is 0 Å². The average Bonchev–Trinajstić information content (AvgIpc) is 2.26. The molecule has 0 fully saturated rings. The number of carboxylic acids is 1. The lowest BCUT2D eigenvalue weighted by Gasteiger charge is -2.15. The molecular formula is C10H18N2O4. The predicted molar refractivity (Wildman–Crippen MR) is 57.7 cm³/mol. The highest BCUT2D eigenvalue weighted by molar-refractivity contribution is 5.84. The highest BCUT2D eigenvalue weighted by Crippen LogP contribution is 2.10. The number of carbonyl (C=O) groups excluding carboxylic acids is 2. The van der Waals surface area contributed by atoms with Gasteiger partial charge in [0, 0.05) is 25.9 Å². The molecule has 0 bridgehead atoms. The number of carbonyl (C=O) groups is 3. The van der Waals surface area contributed by atoms with Crippen LogP contribution in [0.2, 0.25) is 0 Å². The van der Waals surface area contributed by atoms with E-state index in [2.05, 4.69) is 10.6 Å². The van der Waals surface area contributed by atoms with Gasteiger partial charge in [-0.1, -0.05) is 13.8 Å². The highest BCUT2D eigenvalue weighted by Gasteiger charge is 2.25. The summed E-state index contributed by atoms with van der Waals surface area (Å²) in [6.07, 6.45) is 0.191. The number of nitrogens with one attached hydrogen (secondary N) is 2. The molecule has 2 amide bonds. The molecule has 0 aliphatic heterocycles. The Morgan fingerprint density at radius 1 is 1.19 bits per heavy atom. The summed E-state index contributed by atoms with van der Waals surface area (Å²) >= 11 is 0. The van der Waals surface area contributed by atoms with Gasteiger partial charge in [0.05, 0.1) is 5.92 Å². The summed E-state index contributed by atoms with van der Waals surface area (Å²) in [4.78, 5) is 32.9. The van der Waals surface area contributed by atoms with Gasteiger partial charge in [0.2, 0.25) is 11.8 Å². The van der Waals surface area contributed by atoms with Crippen molar-refractivity contribution in [3.63, 3.8) is 0 Å². The summed E-state index contributed by atoms with van der Waals surface area (Å²) in [6.45, 7) is 3.24. The van der Waals surface area contributed by atoms with E-state index in [-0.39, 0.29) is 24.8 Å². The Kier molecular flexibility index (Phi) is 6.14. The Bertz CT molecular complexity index is 278. The minimum absolute atomic E-state index is 0.167. The van der Waals surface area contributed by atoms with E-state index in [0.29, 0.717) is 0 Å². The van der Waals surface area contributed by atoms with Crippen molar-refractivity contribution in [2.75, 3.05) is 13.6 Å². The first-order chi connectivity index (χ1) is 7.40. The van der Waals surface area contributed by atoms with Crippen molar-refractivity contribution >= 4 is 17.8 Å². The standard InChI is InChI=1S/C10H18N2O4/c1-6(7(2)10(15)16)9(14)12-5-4-8(13)11-3/h6-7H,4-5H2,1-3H3,(H,11,13)(H,12,14)(H,15,16). The van der Waals surface area contributed by atoms with Gasteiger partial charge in [0.15, 0.2) is 0 Å². The van der Waals surface area contributed by atoms with Crippen LogP contribution in [0.5, 0.6) is 0 Å². The fraction of sp³-hybridized carbons (Fsp3) is 0.700. The van der Waals surface area contributed by atoms with Gasteiger partial charge in [-0.15, -0.1) is 0 Å². The monoisotopic (exact) mass is 230 g/mol. The normalized spacial score (nSPS) is 13.7. The largest absolute Gasteiger partial charge is 0.481 e. The Balaban J connectivity index is 3.97. The van der Waals surface area contributed by atoms with Crippen molar-refractivity contribution in [1.29, 1.82) is 0 Å². The maximum Gasteiger partial charge on any atom is 0.307 e. The summed E-state index contributed by atoms with van der Waals surface area (Å²) in [5.41, 5.74) is 0. The van der Waals surface area contributed by atoms with Gasteiger partial charge in [0.25, 0.3) is 0 Å². The van der Waals surface area contributed by atoms with Crippen LogP contribution in [0, 0.1) is 11.8 Å². The zero-order valence-electron chi connectivity index (χ0n) is 9.74. The molecule has 6 heteroatoms. The molecule has 0 radical (unpaired) electrons. The number of hydrogen-bond acceptors (Lipinski definition) is 3. The van der Waals surface area contributed by atoms with Crippen LogP contribution in [0.4, 0.5) is 0 Å². The highest BCUT2D eigenvalue weighted by atomic mass is 16.4. The van der Waals surface area contributed by atoms with Crippen LogP contribution in [-0.2, 0) is 14.4 Å². The topological polar surface area (TPSA) is 95.5 Å². The molecule has 2 atom stereocenters. The summed E-state index contributed by atoms with van der Waals surface area (Å²) in [5, 5.41) is 13.7. The van der Waals surface area contributed by atoms with E-state index in [1.807, 2.05) is 0 Å². The van der Waals surface area contributed by atoms with E-state index in [4.69, 9.17) is 5.11 Å². The van der Waals surface area contributed by atoms with Gasteiger partial charge in [0.1, 0.15) is 0 Å². The molecule has 0 aromatic carbocycles. The second-order valence-electron chi connectivity index (χ2n) is 3.63. The molecule has 0 rings (SSSR count). The lowest BCUT2D eigenvalue weighted by atomic mass is 9.95. The van der Waals surface area contributed by atoms with Gasteiger partial charge in [-0.05, 0) is 0 Å². The predicted octanol–water partition coefficient (Wildman–Crippen LogP) is -0.404. The van der Waals surface area contributed by atoms with Crippen LogP contribution in [0.15, 0.2) is 0 Å². The van der Waals surface area contributed by atoms with Gasteiger partial charge in [-0.25, -0.2) is 0 Å². The van der Waals surface area contributed by atoms with E-state index in [9.17, 15) is 14.4 Å². The SMILES string of the molecule is CNC(=O)CCNC(=O)C(C)C(C)C(=O)O. The van der Waals surface area contributed by atoms with Crippen LogP contribution in [-0.4, -0.2) is 36.5 Å². The molecule has 16 heavy (non-hydrogen) atoms. The third kappa shape index (κ3) is 4.77. The molecule has 0 heterocycles. The Morgan fingerprint density at radius 2 is 1.75 bits per heavy atom. The molecular weight excluding hydrogens is 212 g/mol. The third-order valence-electron chi connectivity index (χ3n) is 2.48. The van der Waals surface area contributed by atoms with Crippen LogP contribution in [0.3, 0.4) is 0 Å². The van der Waals surface area contributed by atoms with Crippen molar-refractivity contribution in [1.82, 2.24) is 10.6 Å². The second-order valence-corrected chi connectivity index (χ2v) is 3.63. The van der Waals surface area contributed by atoms with Crippen molar-refractivity contribution < 1.29 is 19.5 Å². The summed E-state index contributed by atoms with van der Waals surface area (Å²) in [6, 6.07) is 0. The summed E-state index contributed by atoms with van der Waals surface area (Å²) in [7, 11) is 1.51. The van der Waals surface area contributed by atoms with Crippen molar-refractivity contribution in [3.05, 3.63) is 0 Å². The van der Waals surface area contributed by atoms with E-state index in [1.165, 1.54) is 14.0 Å². The fourth-order valence-electron chi connectivity index (χ4n) is 1.03. The molecule has 2 unspecified atom stereocenters. The average molecular weight is 230 g/mol. The van der Waals surface area contributed by atoms with Gasteiger partial charge < -0.3 is 15.7 Å². The molecule has 0 spiro atoms. The van der Waals surface area contributed by atoms with Crippen molar-refractivity contribution in [2.24, 2.45) is 11.8 Å². The van der Waals surface area contributed by atoms with Crippen LogP contribution in [0.25, 0.3) is 0 Å². The molecule has 6 nitrogen and oxygen atoms in total. The maximum absolute atomic E-state index is 11.5. The second kappa shape index (κ2) is 6.81. The minimum Gasteiger partial charge on any atom is -0.481 e. The molecule has 0 aliphatic carbocycles. The minimum atomic E-state index is -1.01. The Morgan fingerprint density at radius 3 is 2.19 bits per heavy atom. The third-order valence-corrected chi connectivity index (χ3v) is 2.48. The summed E-state index contributed by atoms with van der Waals surface area (Å²) < 4.78 is 0. The molecule has 0 aromatic rings. The first kappa shape index (κ1) is 14.4. The zero-order valence-corrected chi connectivity index (χ0v) is 9.74. The fourth-order valence-corrected chi connectivity index (χ4v) is 1.03. The molecule has 0 saturated heterocycles. The number of amides is 2. The first-order valence-electron chi connectivity index (χ1n) is 5.11. The number of carboxylic acid groups (broad SMARTS) is 1. The maximum atomic E-state index is 11.5. The van der Waals surface area contributed by atoms with Crippen molar-refractivity contribution in [2.45, 2.75) is 20.3 Å². The lowest BCUT2D eigenvalue weighted by molar-refractivity contribution is -0.146. The Labute approximate surface area is 94.4 Å². The van der Waals surface area contributed by atoms with Crippen LogP contribution >= 0.6 is 0 Å². The smallest absolute Gasteiger partial charge is 0.307 e. The molecule has 0 saturated carbocycles. The van der Waals surface area contributed by atoms with E-state index < -0.39 is 17.8 Å². The number of aliphatic carboxylic acids is 1. The molecule has 3 N–H and O–H groups in total. The van der Waals surface area contributed by atoms with Crippen LogP contribution < -0.4 is 10.6 Å². The molecule has 0 aromatic heterocycles. The number of hydrogen-bond donors (Lipinski definition) is 3. The van der Waals surface area contributed by atoms with Crippen LogP contribution in [0.1, 0.15) is 20.3 Å². The van der Waals surface area contributed by atoms with Gasteiger partial charge >= 0.3 is 5.97 Å². The number of rotatable bonds is 6. The van der Waals surface area contributed by atoms with E-state index >= 15 is 0 Å². The van der Waals surface area contributed by atoms with Gasteiger partial charge in [-0.3, -0.25) is 14.4 Å².